The highest BCUT2D eigenvalue weighted by atomic mass is 79.9. The molecule has 1 heterocycles. The molecule has 3 aromatic rings. The van der Waals surface area contributed by atoms with E-state index in [1.807, 2.05) is 6.07 Å². The molecule has 0 saturated carbocycles. The van der Waals surface area contributed by atoms with Gasteiger partial charge in [0.1, 0.15) is 22.7 Å². The largest absolute Gasteiger partial charge is 0.460 e. The van der Waals surface area contributed by atoms with E-state index in [-0.39, 0.29) is 6.10 Å². The quantitative estimate of drug-likeness (QED) is 0.427. The van der Waals surface area contributed by atoms with Crippen molar-refractivity contribution < 1.29 is 23.5 Å². The summed E-state index contributed by atoms with van der Waals surface area (Å²) in [5.41, 5.74) is 1.28. The lowest BCUT2D eigenvalue weighted by molar-refractivity contribution is 0.0378. The molecule has 0 aliphatic heterocycles. The number of furan rings is 1. The van der Waals surface area contributed by atoms with Crippen molar-refractivity contribution >= 4 is 38.8 Å². The van der Waals surface area contributed by atoms with E-state index in [1.54, 1.807) is 57.2 Å². The van der Waals surface area contributed by atoms with Gasteiger partial charge >= 0.3 is 11.9 Å². The molecule has 0 spiro atoms. The number of hydrogen-bond acceptors (Lipinski definition) is 5. The molecule has 0 N–H and O–H groups in total. The van der Waals surface area contributed by atoms with Gasteiger partial charge in [-0.2, -0.15) is 0 Å². The molecule has 3 rings (SSSR count). The monoisotopic (exact) mass is 416 g/mol. The summed E-state index contributed by atoms with van der Waals surface area (Å²) in [4.78, 5) is 24.7. The minimum Gasteiger partial charge on any atom is -0.460 e. The van der Waals surface area contributed by atoms with E-state index < -0.39 is 11.9 Å². The highest BCUT2D eigenvalue weighted by Gasteiger charge is 2.21. The van der Waals surface area contributed by atoms with Crippen LogP contribution in [0.15, 0.2) is 51.4 Å². The van der Waals surface area contributed by atoms with Gasteiger partial charge in [0.15, 0.2) is 0 Å². The second kappa shape index (κ2) is 7.33. The lowest BCUT2D eigenvalue weighted by atomic mass is 10.1. The van der Waals surface area contributed by atoms with Crippen LogP contribution in [0.1, 0.15) is 40.3 Å². The first-order valence-corrected chi connectivity index (χ1v) is 8.87. The van der Waals surface area contributed by atoms with Crippen LogP contribution in [0.2, 0.25) is 0 Å². The van der Waals surface area contributed by atoms with Crippen LogP contribution in [0.5, 0.6) is 5.75 Å². The van der Waals surface area contributed by atoms with E-state index in [4.69, 9.17) is 13.9 Å². The maximum Gasteiger partial charge on any atom is 0.344 e. The molecule has 2 aromatic carbocycles. The standard InChI is InChI=1S/C20H17BrO5/c1-11(2)24-20(23)18-12(3)25-17-9-8-13(10-15(17)18)26-19(22)14-6-4-5-7-16(14)21/h4-11H,1-3H3. The Labute approximate surface area is 159 Å². The van der Waals surface area contributed by atoms with E-state index in [0.29, 0.717) is 38.1 Å². The summed E-state index contributed by atoms with van der Waals surface area (Å²) >= 11 is 3.33. The van der Waals surface area contributed by atoms with Gasteiger partial charge < -0.3 is 13.9 Å². The Morgan fingerprint density at radius 2 is 1.81 bits per heavy atom. The van der Waals surface area contributed by atoms with Crippen molar-refractivity contribution in [2.75, 3.05) is 0 Å². The number of esters is 2. The number of halogens is 1. The van der Waals surface area contributed by atoms with E-state index in [0.717, 1.165) is 0 Å². The van der Waals surface area contributed by atoms with Gasteiger partial charge in [-0.05, 0) is 67.0 Å². The van der Waals surface area contributed by atoms with Crippen molar-refractivity contribution in [3.8, 4) is 5.75 Å². The average molecular weight is 417 g/mol. The molecule has 0 amide bonds. The summed E-state index contributed by atoms with van der Waals surface area (Å²) in [5, 5.41) is 0.547. The molecule has 5 nitrogen and oxygen atoms in total. The van der Waals surface area contributed by atoms with E-state index in [9.17, 15) is 9.59 Å². The third-order valence-corrected chi connectivity index (χ3v) is 4.38. The van der Waals surface area contributed by atoms with Crippen LogP contribution in [0.3, 0.4) is 0 Å². The first-order valence-electron chi connectivity index (χ1n) is 8.07. The number of fused-ring (bicyclic) bond motifs is 1. The van der Waals surface area contributed by atoms with Crippen LogP contribution in [0, 0.1) is 6.92 Å². The van der Waals surface area contributed by atoms with Crippen molar-refractivity contribution in [3.63, 3.8) is 0 Å². The van der Waals surface area contributed by atoms with Crippen molar-refractivity contribution in [1.82, 2.24) is 0 Å². The normalized spacial score (nSPS) is 11.0. The van der Waals surface area contributed by atoms with Gasteiger partial charge in [0, 0.05) is 9.86 Å². The Morgan fingerprint density at radius 1 is 1.08 bits per heavy atom. The zero-order valence-electron chi connectivity index (χ0n) is 14.5. The molecular weight excluding hydrogens is 400 g/mol. The Kier molecular flexibility index (Phi) is 5.13. The number of carbonyl (C=O) groups is 2. The van der Waals surface area contributed by atoms with Gasteiger partial charge in [0.2, 0.25) is 0 Å². The first-order chi connectivity index (χ1) is 12.4. The van der Waals surface area contributed by atoms with Gasteiger partial charge in [-0.3, -0.25) is 0 Å². The predicted octanol–water partition coefficient (Wildman–Crippen LogP) is 5.29. The topological polar surface area (TPSA) is 65.7 Å². The maximum atomic E-state index is 12.4. The fraction of sp³-hybridized carbons (Fsp3) is 0.200. The molecule has 0 saturated heterocycles. The summed E-state index contributed by atoms with van der Waals surface area (Å²) < 4.78 is 17.0. The third-order valence-electron chi connectivity index (χ3n) is 3.69. The molecule has 6 heteroatoms. The highest BCUT2D eigenvalue weighted by molar-refractivity contribution is 9.10. The first kappa shape index (κ1) is 18.2. The Bertz CT molecular complexity index is 987. The van der Waals surface area contributed by atoms with Gasteiger partial charge in [-0.1, -0.05) is 12.1 Å². The number of benzene rings is 2. The van der Waals surface area contributed by atoms with Gasteiger partial charge in [-0.25, -0.2) is 9.59 Å². The van der Waals surface area contributed by atoms with Crippen molar-refractivity contribution in [1.29, 1.82) is 0 Å². The number of rotatable bonds is 4. The van der Waals surface area contributed by atoms with Crippen LogP contribution in [-0.4, -0.2) is 18.0 Å². The number of hydrogen-bond donors (Lipinski definition) is 0. The molecular formula is C20H17BrO5. The highest BCUT2D eigenvalue weighted by Crippen LogP contribution is 2.30. The van der Waals surface area contributed by atoms with Crippen molar-refractivity contribution in [3.05, 3.63) is 63.8 Å². The number of carbonyl (C=O) groups excluding carboxylic acids is 2. The van der Waals surface area contributed by atoms with Gasteiger partial charge in [0.05, 0.1) is 11.7 Å². The molecule has 134 valence electrons. The molecule has 0 radical (unpaired) electrons. The van der Waals surface area contributed by atoms with Crippen molar-refractivity contribution in [2.24, 2.45) is 0 Å². The van der Waals surface area contributed by atoms with Crippen molar-refractivity contribution in [2.45, 2.75) is 26.9 Å². The van der Waals surface area contributed by atoms with Crippen LogP contribution in [0.4, 0.5) is 0 Å². The number of aryl methyl sites for hydroxylation is 1. The zero-order valence-corrected chi connectivity index (χ0v) is 16.1. The molecule has 0 aliphatic carbocycles. The SMILES string of the molecule is Cc1oc2ccc(OC(=O)c3ccccc3Br)cc2c1C(=O)OC(C)C. The van der Waals surface area contributed by atoms with Crippen LogP contribution in [-0.2, 0) is 4.74 Å². The second-order valence-corrected chi connectivity index (χ2v) is 6.87. The molecule has 0 atom stereocenters. The second-order valence-electron chi connectivity index (χ2n) is 6.01. The Balaban J connectivity index is 1.95. The summed E-state index contributed by atoms with van der Waals surface area (Å²) in [6, 6.07) is 11.9. The lowest BCUT2D eigenvalue weighted by Crippen LogP contribution is -2.12. The molecule has 0 bridgehead atoms. The summed E-state index contributed by atoms with van der Waals surface area (Å²) in [7, 11) is 0. The minimum atomic E-state index is -0.497. The van der Waals surface area contributed by atoms with Gasteiger partial charge in [-0.15, -0.1) is 0 Å². The lowest BCUT2D eigenvalue weighted by Gasteiger charge is -2.08. The summed E-state index contributed by atoms with van der Waals surface area (Å²) in [5.74, 6) is -0.188. The van der Waals surface area contributed by atoms with E-state index in [2.05, 4.69) is 15.9 Å². The Morgan fingerprint density at radius 3 is 2.50 bits per heavy atom. The third kappa shape index (κ3) is 3.65. The molecule has 0 aliphatic rings. The summed E-state index contributed by atoms with van der Waals surface area (Å²) in [6.07, 6.45) is -0.247. The molecule has 1 aromatic heterocycles. The van der Waals surface area contributed by atoms with E-state index >= 15 is 0 Å². The predicted molar refractivity (Wildman–Crippen MR) is 101 cm³/mol. The fourth-order valence-corrected chi connectivity index (χ4v) is 3.02. The molecule has 0 unspecified atom stereocenters. The average Bonchev–Trinajstić information content (AvgIpc) is 2.89. The smallest absolute Gasteiger partial charge is 0.344 e. The Hall–Kier alpha value is -2.60. The fourth-order valence-electron chi connectivity index (χ4n) is 2.58. The maximum absolute atomic E-state index is 12.4. The summed E-state index contributed by atoms with van der Waals surface area (Å²) in [6.45, 7) is 5.25. The molecule has 0 fully saturated rings. The molecule has 26 heavy (non-hydrogen) atoms. The van der Waals surface area contributed by atoms with E-state index in [1.165, 1.54) is 0 Å². The zero-order chi connectivity index (χ0) is 18.8. The van der Waals surface area contributed by atoms with Gasteiger partial charge in [0.25, 0.3) is 0 Å². The minimum absolute atomic E-state index is 0.247. The number of ether oxygens (including phenoxy) is 2. The van der Waals surface area contributed by atoms with Crippen LogP contribution in [0.25, 0.3) is 11.0 Å². The van der Waals surface area contributed by atoms with Crippen LogP contribution >= 0.6 is 15.9 Å². The van der Waals surface area contributed by atoms with Crippen LogP contribution < -0.4 is 4.74 Å².